The van der Waals surface area contributed by atoms with Crippen LogP contribution in [-0.2, 0) is 9.53 Å². The van der Waals surface area contributed by atoms with Gasteiger partial charge >= 0.3 is 5.97 Å². The van der Waals surface area contributed by atoms with Gasteiger partial charge in [-0.3, -0.25) is 4.99 Å². The summed E-state index contributed by atoms with van der Waals surface area (Å²) in [7, 11) is 1.03. The number of nitrogens with zero attached hydrogens (tertiary/aromatic N) is 1. The molecule has 0 fully saturated rings. The van der Waals surface area contributed by atoms with Crippen LogP contribution < -0.4 is 0 Å². The normalized spacial score (nSPS) is 12.2. The zero-order valence-electron chi connectivity index (χ0n) is 13.1. The number of hydrogen-bond acceptors (Lipinski definition) is 4. The zero-order valence-corrected chi connectivity index (χ0v) is 14.6. The number of aliphatic hydroxyl groups excluding tert-OH is 1. The standard InChI is InChI=1S/C17H10Cl2F3NO3/c1-26-17(25)10(7-23-15-3-2-8(20)4-14(15)22)16(24)9-5-13(21)12(19)6-11(9)18/h2-7,24H,1H3/b16-10+,23-7?. The van der Waals surface area contributed by atoms with Gasteiger partial charge in [-0.25, -0.2) is 18.0 Å². The lowest BCUT2D eigenvalue weighted by atomic mass is 10.1. The number of aliphatic imine (C=N–C) groups is 1. The van der Waals surface area contributed by atoms with Crippen molar-refractivity contribution in [1.29, 1.82) is 0 Å². The van der Waals surface area contributed by atoms with Crippen molar-refractivity contribution in [1.82, 2.24) is 0 Å². The van der Waals surface area contributed by atoms with Crippen molar-refractivity contribution < 1.29 is 27.8 Å². The highest BCUT2D eigenvalue weighted by atomic mass is 35.5. The summed E-state index contributed by atoms with van der Waals surface area (Å²) in [4.78, 5) is 15.6. The number of halogens is 5. The topological polar surface area (TPSA) is 58.9 Å². The SMILES string of the molecule is COC(=O)/C(C=Nc1ccc(F)cc1F)=C(/O)c1cc(F)c(Cl)cc1Cl. The van der Waals surface area contributed by atoms with Crippen molar-refractivity contribution in [2.24, 2.45) is 4.99 Å². The summed E-state index contributed by atoms with van der Waals surface area (Å²) < 4.78 is 44.7. The van der Waals surface area contributed by atoms with Crippen LogP contribution in [0.3, 0.4) is 0 Å². The van der Waals surface area contributed by atoms with E-state index in [4.69, 9.17) is 23.2 Å². The van der Waals surface area contributed by atoms with E-state index in [1.807, 2.05) is 0 Å². The lowest BCUT2D eigenvalue weighted by Gasteiger charge is -2.08. The summed E-state index contributed by atoms with van der Waals surface area (Å²) in [6.45, 7) is 0. The second kappa shape index (κ2) is 8.25. The second-order valence-corrected chi connectivity index (χ2v) is 5.67. The molecule has 0 aliphatic rings. The van der Waals surface area contributed by atoms with Crippen LogP contribution in [0.25, 0.3) is 5.76 Å². The van der Waals surface area contributed by atoms with Gasteiger partial charge < -0.3 is 9.84 Å². The highest BCUT2D eigenvalue weighted by Gasteiger charge is 2.19. The molecule has 0 aliphatic carbocycles. The molecular formula is C17H10Cl2F3NO3. The molecule has 2 aromatic carbocycles. The molecule has 4 nitrogen and oxygen atoms in total. The molecule has 0 atom stereocenters. The number of benzene rings is 2. The Morgan fingerprint density at radius 3 is 2.42 bits per heavy atom. The van der Waals surface area contributed by atoms with Gasteiger partial charge in [-0.15, -0.1) is 0 Å². The Balaban J connectivity index is 2.56. The molecule has 0 spiro atoms. The number of ether oxygens (including phenoxy) is 1. The maximum Gasteiger partial charge on any atom is 0.343 e. The molecule has 0 saturated heterocycles. The molecular weight excluding hydrogens is 394 g/mol. The molecule has 2 aromatic rings. The molecule has 136 valence electrons. The molecule has 0 saturated carbocycles. The van der Waals surface area contributed by atoms with Crippen LogP contribution in [0.2, 0.25) is 10.0 Å². The predicted octanol–water partition coefficient (Wildman–Crippen LogP) is 5.26. The van der Waals surface area contributed by atoms with Crippen LogP contribution in [0, 0.1) is 17.5 Å². The van der Waals surface area contributed by atoms with Gasteiger partial charge in [0.05, 0.1) is 22.8 Å². The first kappa shape index (κ1) is 19.8. The van der Waals surface area contributed by atoms with Crippen molar-refractivity contribution in [2.45, 2.75) is 0 Å². The van der Waals surface area contributed by atoms with Gasteiger partial charge in [0.2, 0.25) is 0 Å². The zero-order chi connectivity index (χ0) is 19.4. The van der Waals surface area contributed by atoms with Crippen LogP contribution in [-0.4, -0.2) is 24.4 Å². The molecule has 0 aliphatic heterocycles. The van der Waals surface area contributed by atoms with Gasteiger partial charge in [-0.05, 0) is 24.3 Å². The van der Waals surface area contributed by atoms with E-state index in [2.05, 4.69) is 9.73 Å². The maximum atomic E-state index is 13.6. The Labute approximate surface area is 156 Å². The fourth-order valence-electron chi connectivity index (χ4n) is 1.89. The number of carbonyl (C=O) groups is 1. The molecule has 9 heteroatoms. The smallest absolute Gasteiger partial charge is 0.343 e. The van der Waals surface area contributed by atoms with Crippen molar-refractivity contribution in [3.63, 3.8) is 0 Å². The van der Waals surface area contributed by atoms with Crippen molar-refractivity contribution in [2.75, 3.05) is 7.11 Å². The van der Waals surface area contributed by atoms with Crippen LogP contribution >= 0.6 is 23.2 Å². The van der Waals surface area contributed by atoms with E-state index in [-0.39, 0.29) is 21.3 Å². The minimum absolute atomic E-state index is 0.142. The minimum atomic E-state index is -1.04. The first-order chi connectivity index (χ1) is 12.2. The van der Waals surface area contributed by atoms with E-state index in [0.29, 0.717) is 6.07 Å². The third kappa shape index (κ3) is 4.36. The quantitative estimate of drug-likeness (QED) is 0.249. The Bertz CT molecular complexity index is 930. The molecule has 1 N–H and O–H groups in total. The summed E-state index contributed by atoms with van der Waals surface area (Å²) >= 11 is 11.5. The van der Waals surface area contributed by atoms with Gasteiger partial charge in [0.1, 0.15) is 23.0 Å². The molecule has 0 bridgehead atoms. The van der Waals surface area contributed by atoms with Crippen LogP contribution in [0.4, 0.5) is 18.9 Å². The van der Waals surface area contributed by atoms with Gasteiger partial charge in [-0.2, -0.15) is 0 Å². The summed E-state index contributed by atoms with van der Waals surface area (Å²) in [6, 6.07) is 4.44. The molecule has 0 aromatic heterocycles. The number of carbonyl (C=O) groups excluding carboxylic acids is 1. The van der Waals surface area contributed by atoms with Gasteiger partial charge in [0.15, 0.2) is 5.82 Å². The third-order valence-electron chi connectivity index (χ3n) is 3.17. The van der Waals surface area contributed by atoms with Gasteiger partial charge in [0.25, 0.3) is 0 Å². The van der Waals surface area contributed by atoms with Crippen molar-refractivity contribution in [3.8, 4) is 0 Å². The number of hydrogen-bond donors (Lipinski definition) is 1. The van der Waals surface area contributed by atoms with E-state index >= 15 is 0 Å². The van der Waals surface area contributed by atoms with E-state index < -0.39 is 34.8 Å². The molecule has 0 amide bonds. The summed E-state index contributed by atoms with van der Waals surface area (Å²) in [5.41, 5.74) is -1.08. The average Bonchev–Trinajstić information content (AvgIpc) is 2.59. The number of rotatable bonds is 4. The third-order valence-corrected chi connectivity index (χ3v) is 3.77. The Hall–Kier alpha value is -2.51. The first-order valence-corrected chi connectivity index (χ1v) is 7.65. The lowest BCUT2D eigenvalue weighted by molar-refractivity contribution is -0.135. The van der Waals surface area contributed by atoms with E-state index in [0.717, 1.165) is 37.6 Å². The van der Waals surface area contributed by atoms with Crippen LogP contribution in [0.5, 0.6) is 0 Å². The van der Waals surface area contributed by atoms with Gasteiger partial charge in [-0.1, -0.05) is 23.2 Å². The predicted molar refractivity (Wildman–Crippen MR) is 92.5 cm³/mol. The Morgan fingerprint density at radius 1 is 1.12 bits per heavy atom. The summed E-state index contributed by atoms with van der Waals surface area (Å²) in [5.74, 6) is -4.48. The number of esters is 1. The van der Waals surface area contributed by atoms with E-state index in [1.54, 1.807) is 0 Å². The first-order valence-electron chi connectivity index (χ1n) is 6.90. The largest absolute Gasteiger partial charge is 0.506 e. The fraction of sp³-hybridized carbons (Fsp3) is 0.0588. The second-order valence-electron chi connectivity index (χ2n) is 4.85. The van der Waals surface area contributed by atoms with E-state index in [9.17, 15) is 23.1 Å². The average molecular weight is 404 g/mol. The highest BCUT2D eigenvalue weighted by Crippen LogP contribution is 2.30. The Kier molecular flexibility index (Phi) is 6.28. The van der Waals surface area contributed by atoms with Crippen LogP contribution in [0.1, 0.15) is 5.56 Å². The molecule has 26 heavy (non-hydrogen) atoms. The van der Waals surface area contributed by atoms with Gasteiger partial charge in [0, 0.05) is 17.8 Å². The van der Waals surface area contributed by atoms with Crippen molar-refractivity contribution in [3.05, 3.63) is 69.0 Å². The summed E-state index contributed by atoms with van der Waals surface area (Å²) in [6.07, 6.45) is 0.792. The molecule has 2 rings (SSSR count). The van der Waals surface area contributed by atoms with Crippen molar-refractivity contribution >= 4 is 46.8 Å². The molecule has 0 unspecified atom stereocenters. The van der Waals surface area contributed by atoms with E-state index in [1.165, 1.54) is 0 Å². The number of aliphatic hydroxyl groups is 1. The summed E-state index contributed by atoms with van der Waals surface area (Å²) in [5, 5.41) is 9.88. The number of methoxy groups -OCH3 is 1. The lowest BCUT2D eigenvalue weighted by Crippen LogP contribution is -2.09. The fourth-order valence-corrected chi connectivity index (χ4v) is 2.36. The molecule has 0 radical (unpaired) electrons. The monoisotopic (exact) mass is 403 g/mol. The van der Waals surface area contributed by atoms with Crippen LogP contribution in [0.15, 0.2) is 40.9 Å². The highest BCUT2D eigenvalue weighted by molar-refractivity contribution is 6.36. The Morgan fingerprint density at radius 2 is 1.81 bits per heavy atom. The molecule has 0 heterocycles. The minimum Gasteiger partial charge on any atom is -0.506 e. The maximum absolute atomic E-state index is 13.6.